The molecule has 0 atom stereocenters. The highest BCUT2D eigenvalue weighted by molar-refractivity contribution is 6.04. The Morgan fingerprint density at radius 2 is 1.67 bits per heavy atom. The van der Waals surface area contributed by atoms with Gasteiger partial charge in [0, 0.05) is 33.6 Å². The summed E-state index contributed by atoms with van der Waals surface area (Å²) in [5.74, 6) is -0.635. The molecule has 0 unspecified atom stereocenters. The third kappa shape index (κ3) is 4.30. The van der Waals surface area contributed by atoms with Gasteiger partial charge in [0.1, 0.15) is 17.5 Å². The van der Waals surface area contributed by atoms with Gasteiger partial charge in [-0.05, 0) is 36.2 Å². The second-order valence-electron chi connectivity index (χ2n) is 8.03. The van der Waals surface area contributed by atoms with Crippen LogP contribution in [0, 0.1) is 11.3 Å². The number of hydrogen-bond donors (Lipinski definition) is 0. The first kappa shape index (κ1) is 22.1. The molecule has 1 amide bonds. The first-order valence-corrected chi connectivity index (χ1v) is 10.7. The van der Waals surface area contributed by atoms with Crippen LogP contribution in [0.5, 0.6) is 0 Å². The van der Waals surface area contributed by atoms with E-state index in [9.17, 15) is 19.6 Å². The molecule has 0 N–H and O–H groups in total. The first-order chi connectivity index (χ1) is 15.9. The molecule has 8 nitrogen and oxygen atoms in total. The minimum Gasteiger partial charge on any atom is -0.454 e. The van der Waals surface area contributed by atoms with Crippen molar-refractivity contribution in [3.8, 4) is 6.07 Å². The Labute approximate surface area is 192 Å². The molecule has 1 saturated heterocycles. The van der Waals surface area contributed by atoms with E-state index in [1.807, 2.05) is 30.3 Å². The number of ketones is 1. The number of amides is 1. The summed E-state index contributed by atoms with van der Waals surface area (Å²) in [6.45, 7) is 0.722. The molecule has 0 aliphatic carbocycles. The lowest BCUT2D eigenvalue weighted by Gasteiger charge is -2.19. The summed E-state index contributed by atoms with van der Waals surface area (Å²) in [6, 6.07) is 16.3. The summed E-state index contributed by atoms with van der Waals surface area (Å²) in [6.07, 6.45) is 1.45. The van der Waals surface area contributed by atoms with Gasteiger partial charge in [0.05, 0.1) is 16.9 Å². The number of para-hydroxylation sites is 2. The molecule has 0 bridgehead atoms. The molecule has 2 aliphatic heterocycles. The molecule has 0 aromatic heterocycles. The number of Topliss-reactive ketones (excluding diaryl/α,β-unsaturated/α-hetero) is 1. The zero-order valence-corrected chi connectivity index (χ0v) is 18.6. The number of nitrogens with zero attached hydrogens (tertiary/aromatic N) is 4. The Bertz CT molecular complexity index is 1150. The van der Waals surface area contributed by atoms with E-state index in [1.165, 1.54) is 0 Å². The minimum absolute atomic E-state index is 0.0744. The Morgan fingerprint density at radius 3 is 2.21 bits per heavy atom. The number of carbonyl (C=O) groups excluding carboxylic acids is 3. The zero-order chi connectivity index (χ0) is 23.5. The number of esters is 1. The van der Waals surface area contributed by atoms with Crippen molar-refractivity contribution < 1.29 is 19.1 Å². The van der Waals surface area contributed by atoms with Crippen LogP contribution in [-0.2, 0) is 20.9 Å². The lowest BCUT2D eigenvalue weighted by molar-refractivity contribution is -0.128. The monoisotopic (exact) mass is 444 g/mol. The van der Waals surface area contributed by atoms with Gasteiger partial charge in [-0.25, -0.2) is 4.79 Å². The molecule has 33 heavy (non-hydrogen) atoms. The quantitative estimate of drug-likeness (QED) is 0.384. The normalized spacial score (nSPS) is 14.9. The fourth-order valence-corrected chi connectivity index (χ4v) is 4.18. The number of likely N-dealkylation sites (tertiary alicyclic amines) is 1. The van der Waals surface area contributed by atoms with E-state index in [0.717, 1.165) is 29.9 Å². The van der Waals surface area contributed by atoms with Crippen molar-refractivity contribution in [2.75, 3.05) is 37.0 Å². The fourth-order valence-electron chi connectivity index (χ4n) is 4.18. The van der Waals surface area contributed by atoms with Crippen LogP contribution in [0.2, 0.25) is 0 Å². The zero-order valence-electron chi connectivity index (χ0n) is 18.6. The highest BCUT2D eigenvalue weighted by atomic mass is 16.5. The van der Waals surface area contributed by atoms with Crippen molar-refractivity contribution in [1.29, 1.82) is 5.26 Å². The van der Waals surface area contributed by atoms with Crippen molar-refractivity contribution in [1.82, 2.24) is 4.90 Å². The Balaban J connectivity index is 1.41. The van der Waals surface area contributed by atoms with E-state index in [2.05, 4.69) is 0 Å². The summed E-state index contributed by atoms with van der Waals surface area (Å²) in [7, 11) is 3.57. The molecular weight excluding hydrogens is 420 g/mol. The van der Waals surface area contributed by atoms with Gasteiger partial charge in [-0.2, -0.15) is 5.26 Å². The number of rotatable bonds is 6. The summed E-state index contributed by atoms with van der Waals surface area (Å²) < 4.78 is 5.19. The van der Waals surface area contributed by atoms with Crippen LogP contribution in [-0.4, -0.2) is 49.8 Å². The lowest BCUT2D eigenvalue weighted by atomic mass is 10.1. The van der Waals surface area contributed by atoms with Crippen LogP contribution < -0.4 is 9.80 Å². The standard InChI is InChI=1S/C25H24N4O4/c1-27-20-6-3-4-7-21(20)28(2)24(27)19(14-26)22(30)16-33-25(32)18-11-9-17(10-12-18)15-29-13-5-8-23(29)31/h3-4,6-7,9-12H,5,8,13,15-16H2,1-2H3. The molecule has 0 saturated carbocycles. The predicted octanol–water partition coefficient (Wildman–Crippen LogP) is 2.86. The van der Waals surface area contributed by atoms with Crippen molar-refractivity contribution in [3.63, 3.8) is 0 Å². The van der Waals surface area contributed by atoms with Crippen LogP contribution in [0.1, 0.15) is 28.8 Å². The lowest BCUT2D eigenvalue weighted by Crippen LogP contribution is -2.27. The predicted molar refractivity (Wildman–Crippen MR) is 122 cm³/mol. The number of carbonyl (C=O) groups is 3. The maximum absolute atomic E-state index is 12.8. The Kier molecular flexibility index (Phi) is 6.13. The van der Waals surface area contributed by atoms with Crippen molar-refractivity contribution in [2.24, 2.45) is 0 Å². The molecule has 0 spiro atoms. The second-order valence-corrected chi connectivity index (χ2v) is 8.03. The topological polar surface area (TPSA) is 94.0 Å². The number of fused-ring (bicyclic) bond motifs is 1. The SMILES string of the molecule is CN1C(=C(C#N)C(=O)COC(=O)c2ccc(CN3CCCC3=O)cc2)N(C)c2ccccc21. The van der Waals surface area contributed by atoms with Gasteiger partial charge in [0.2, 0.25) is 11.7 Å². The van der Waals surface area contributed by atoms with Gasteiger partial charge < -0.3 is 19.4 Å². The molecule has 0 radical (unpaired) electrons. The van der Waals surface area contributed by atoms with Crippen LogP contribution in [0.4, 0.5) is 11.4 Å². The minimum atomic E-state index is -0.647. The second kappa shape index (κ2) is 9.17. The summed E-state index contributed by atoms with van der Waals surface area (Å²) >= 11 is 0. The smallest absolute Gasteiger partial charge is 0.338 e. The largest absolute Gasteiger partial charge is 0.454 e. The average Bonchev–Trinajstić information content (AvgIpc) is 3.34. The van der Waals surface area contributed by atoms with Crippen LogP contribution in [0.25, 0.3) is 0 Å². The number of anilines is 2. The van der Waals surface area contributed by atoms with E-state index in [0.29, 0.717) is 24.4 Å². The van der Waals surface area contributed by atoms with E-state index < -0.39 is 18.4 Å². The summed E-state index contributed by atoms with van der Waals surface area (Å²) in [4.78, 5) is 42.3. The molecule has 2 aromatic carbocycles. The number of nitriles is 1. The van der Waals surface area contributed by atoms with Crippen molar-refractivity contribution in [3.05, 3.63) is 71.1 Å². The van der Waals surface area contributed by atoms with Gasteiger partial charge >= 0.3 is 5.97 Å². The van der Waals surface area contributed by atoms with E-state index in [4.69, 9.17) is 4.74 Å². The van der Waals surface area contributed by atoms with Gasteiger partial charge in [-0.3, -0.25) is 9.59 Å². The highest BCUT2D eigenvalue weighted by Gasteiger charge is 2.31. The van der Waals surface area contributed by atoms with E-state index >= 15 is 0 Å². The first-order valence-electron chi connectivity index (χ1n) is 10.7. The maximum atomic E-state index is 12.8. The number of benzene rings is 2. The fraction of sp³-hybridized carbons (Fsp3) is 0.280. The summed E-state index contributed by atoms with van der Waals surface area (Å²) in [5, 5.41) is 9.67. The Hall–Kier alpha value is -4.12. The molecule has 4 rings (SSSR count). The average molecular weight is 444 g/mol. The molecule has 2 heterocycles. The van der Waals surface area contributed by atoms with Gasteiger partial charge in [-0.1, -0.05) is 24.3 Å². The third-order valence-corrected chi connectivity index (χ3v) is 5.92. The van der Waals surface area contributed by atoms with E-state index in [-0.39, 0.29) is 11.5 Å². The molecule has 168 valence electrons. The molecule has 2 aliphatic rings. The van der Waals surface area contributed by atoms with Gasteiger partial charge in [0.25, 0.3) is 0 Å². The molecule has 2 aromatic rings. The van der Waals surface area contributed by atoms with Gasteiger partial charge in [-0.15, -0.1) is 0 Å². The maximum Gasteiger partial charge on any atom is 0.338 e. The van der Waals surface area contributed by atoms with Crippen LogP contribution >= 0.6 is 0 Å². The van der Waals surface area contributed by atoms with Crippen molar-refractivity contribution in [2.45, 2.75) is 19.4 Å². The third-order valence-electron chi connectivity index (χ3n) is 5.92. The molecule has 1 fully saturated rings. The van der Waals surface area contributed by atoms with E-state index in [1.54, 1.807) is 53.1 Å². The Morgan fingerprint density at radius 1 is 1.03 bits per heavy atom. The summed E-state index contributed by atoms with van der Waals surface area (Å²) in [5.41, 5.74) is 2.90. The van der Waals surface area contributed by atoms with Crippen LogP contribution in [0.3, 0.4) is 0 Å². The van der Waals surface area contributed by atoms with Crippen LogP contribution in [0.15, 0.2) is 59.9 Å². The van der Waals surface area contributed by atoms with Gasteiger partial charge in [0.15, 0.2) is 6.61 Å². The van der Waals surface area contributed by atoms with Crippen molar-refractivity contribution >= 4 is 29.0 Å². The molecule has 8 heteroatoms. The number of hydrogen-bond acceptors (Lipinski definition) is 7. The number of ether oxygens (including phenoxy) is 1. The highest BCUT2D eigenvalue weighted by Crippen LogP contribution is 2.40. The molecular formula is C25H24N4O4.